The third-order valence-electron chi connectivity index (χ3n) is 6.03. The maximum Gasteiger partial charge on any atom is 0.194 e. The number of halogens is 3. The highest BCUT2D eigenvalue weighted by atomic mass is 19.2. The van der Waals surface area contributed by atoms with E-state index >= 15 is 0 Å². The van der Waals surface area contributed by atoms with Gasteiger partial charge in [-0.3, -0.25) is 0 Å². The summed E-state index contributed by atoms with van der Waals surface area (Å²) in [5, 5.41) is 0. The summed E-state index contributed by atoms with van der Waals surface area (Å²) in [7, 11) is 0. The highest BCUT2D eigenvalue weighted by Crippen LogP contribution is 2.38. The minimum Gasteiger partial charge on any atom is -0.498 e. The van der Waals surface area contributed by atoms with Gasteiger partial charge in [0.25, 0.3) is 0 Å². The van der Waals surface area contributed by atoms with Gasteiger partial charge in [0, 0.05) is 0 Å². The molecule has 1 aliphatic heterocycles. The molecular formula is C22H29F3O. The van der Waals surface area contributed by atoms with Crippen LogP contribution in [0.15, 0.2) is 24.0 Å². The highest BCUT2D eigenvalue weighted by Gasteiger charge is 2.26. The fourth-order valence-electron chi connectivity index (χ4n) is 4.42. The minimum absolute atomic E-state index is 0.400. The lowest BCUT2D eigenvalue weighted by Crippen LogP contribution is -2.21. The summed E-state index contributed by atoms with van der Waals surface area (Å²) in [6, 6.07) is 2.25. The summed E-state index contributed by atoms with van der Waals surface area (Å²) in [6.45, 7) is 2.19. The first-order valence-corrected chi connectivity index (χ1v) is 10.0. The molecule has 1 aromatic carbocycles. The Morgan fingerprint density at radius 3 is 2.23 bits per heavy atom. The van der Waals surface area contributed by atoms with Crippen molar-refractivity contribution in [2.75, 3.05) is 0 Å². The maximum atomic E-state index is 13.3. The van der Waals surface area contributed by atoms with Crippen LogP contribution in [0, 0.1) is 29.3 Å². The molecule has 4 heteroatoms. The molecule has 1 saturated carbocycles. The molecule has 0 N–H and O–H groups in total. The van der Waals surface area contributed by atoms with Crippen molar-refractivity contribution in [2.45, 2.75) is 77.2 Å². The number of hydrogen-bond acceptors (Lipinski definition) is 1. The number of hydrogen-bond donors (Lipinski definition) is 0. The van der Waals surface area contributed by atoms with Gasteiger partial charge in [0.15, 0.2) is 17.5 Å². The molecular weight excluding hydrogens is 337 g/mol. The summed E-state index contributed by atoms with van der Waals surface area (Å²) in [6.07, 6.45) is 13.2. The topological polar surface area (TPSA) is 9.23 Å². The zero-order valence-electron chi connectivity index (χ0n) is 15.6. The van der Waals surface area contributed by atoms with Gasteiger partial charge in [0.2, 0.25) is 0 Å². The summed E-state index contributed by atoms with van der Waals surface area (Å²) in [5.74, 6) is -2.34. The van der Waals surface area contributed by atoms with Crippen molar-refractivity contribution in [3.8, 4) is 0 Å². The van der Waals surface area contributed by atoms with Crippen molar-refractivity contribution in [1.29, 1.82) is 0 Å². The SMILES string of the molecule is CCCC1CCC(C2CCC(CCc3cc(F)c(F)c(F)c3)CC2)=CO1. The predicted molar refractivity (Wildman–Crippen MR) is 97.2 cm³/mol. The van der Waals surface area contributed by atoms with Crippen LogP contribution in [0.3, 0.4) is 0 Å². The van der Waals surface area contributed by atoms with E-state index in [1.54, 1.807) is 0 Å². The van der Waals surface area contributed by atoms with Crippen LogP contribution in [-0.4, -0.2) is 6.10 Å². The Kier molecular flexibility index (Phi) is 6.66. The summed E-state index contributed by atoms with van der Waals surface area (Å²) < 4.78 is 45.5. The van der Waals surface area contributed by atoms with Gasteiger partial charge in [-0.1, -0.05) is 13.3 Å². The Morgan fingerprint density at radius 2 is 1.65 bits per heavy atom. The van der Waals surface area contributed by atoms with Gasteiger partial charge in [-0.05, 0) is 92.9 Å². The fraction of sp³-hybridized carbons (Fsp3) is 0.636. The molecule has 0 saturated heterocycles. The number of aryl methyl sites for hydroxylation is 1. The smallest absolute Gasteiger partial charge is 0.194 e. The highest BCUT2D eigenvalue weighted by molar-refractivity contribution is 5.19. The molecule has 0 radical (unpaired) electrons. The van der Waals surface area contributed by atoms with E-state index in [4.69, 9.17) is 4.74 Å². The van der Waals surface area contributed by atoms with E-state index < -0.39 is 17.5 Å². The molecule has 1 heterocycles. The minimum atomic E-state index is -1.38. The van der Waals surface area contributed by atoms with Gasteiger partial charge in [0.1, 0.15) is 0 Å². The Bertz CT molecular complexity index is 609. The van der Waals surface area contributed by atoms with Crippen molar-refractivity contribution < 1.29 is 17.9 Å². The van der Waals surface area contributed by atoms with E-state index in [1.807, 2.05) is 6.26 Å². The normalized spacial score (nSPS) is 26.3. The predicted octanol–water partition coefficient (Wildman–Crippen LogP) is 6.71. The molecule has 0 bridgehead atoms. The van der Waals surface area contributed by atoms with Crippen molar-refractivity contribution in [2.24, 2.45) is 11.8 Å². The first-order chi connectivity index (χ1) is 12.6. The molecule has 1 aliphatic carbocycles. The third kappa shape index (κ3) is 4.83. The van der Waals surface area contributed by atoms with E-state index in [-0.39, 0.29) is 0 Å². The zero-order chi connectivity index (χ0) is 18.5. The quantitative estimate of drug-likeness (QED) is 0.509. The molecule has 1 aromatic rings. The molecule has 0 spiro atoms. The van der Waals surface area contributed by atoms with E-state index in [1.165, 1.54) is 24.8 Å². The van der Waals surface area contributed by atoms with Crippen molar-refractivity contribution in [3.63, 3.8) is 0 Å². The molecule has 144 valence electrons. The standard InChI is InChI=1S/C22H29F3O/c1-2-3-19-11-10-18(14-26-19)17-8-6-15(7-9-17)4-5-16-12-20(23)22(25)21(24)13-16/h12-15,17,19H,2-11H2,1H3. The lowest BCUT2D eigenvalue weighted by atomic mass is 9.75. The van der Waals surface area contributed by atoms with Gasteiger partial charge in [0.05, 0.1) is 12.4 Å². The van der Waals surface area contributed by atoms with Crippen LogP contribution < -0.4 is 0 Å². The second kappa shape index (κ2) is 8.96. The van der Waals surface area contributed by atoms with Crippen LogP contribution in [0.5, 0.6) is 0 Å². The molecule has 26 heavy (non-hydrogen) atoms. The van der Waals surface area contributed by atoms with Crippen LogP contribution in [0.1, 0.15) is 70.3 Å². The first-order valence-electron chi connectivity index (χ1n) is 10.0. The van der Waals surface area contributed by atoms with E-state index in [2.05, 4.69) is 6.92 Å². The number of ether oxygens (including phenoxy) is 1. The third-order valence-corrected chi connectivity index (χ3v) is 6.03. The van der Waals surface area contributed by atoms with Gasteiger partial charge in [-0.15, -0.1) is 0 Å². The average Bonchev–Trinajstić information content (AvgIpc) is 2.66. The summed E-state index contributed by atoms with van der Waals surface area (Å²) in [4.78, 5) is 0. The van der Waals surface area contributed by atoms with Crippen molar-refractivity contribution in [1.82, 2.24) is 0 Å². The molecule has 3 rings (SSSR count). The molecule has 1 atom stereocenters. The van der Waals surface area contributed by atoms with Crippen LogP contribution in [0.4, 0.5) is 13.2 Å². The van der Waals surface area contributed by atoms with Crippen molar-refractivity contribution >= 4 is 0 Å². The largest absolute Gasteiger partial charge is 0.498 e. The van der Waals surface area contributed by atoms with Crippen LogP contribution in [-0.2, 0) is 11.2 Å². The lowest BCUT2D eigenvalue weighted by molar-refractivity contribution is 0.104. The molecule has 1 unspecified atom stereocenters. The molecule has 0 aromatic heterocycles. The Labute approximate surface area is 154 Å². The molecule has 1 nitrogen and oxygen atoms in total. The zero-order valence-corrected chi connectivity index (χ0v) is 15.6. The van der Waals surface area contributed by atoms with E-state index in [9.17, 15) is 13.2 Å². The molecule has 0 amide bonds. The number of rotatable bonds is 6. The van der Waals surface area contributed by atoms with Gasteiger partial charge in [-0.25, -0.2) is 13.2 Å². The number of allylic oxidation sites excluding steroid dienone is 1. The molecule has 1 fully saturated rings. The maximum absolute atomic E-state index is 13.3. The van der Waals surface area contributed by atoms with E-state index in [0.29, 0.717) is 29.9 Å². The van der Waals surface area contributed by atoms with Crippen LogP contribution >= 0.6 is 0 Å². The summed E-state index contributed by atoms with van der Waals surface area (Å²) in [5.41, 5.74) is 2.02. The summed E-state index contributed by atoms with van der Waals surface area (Å²) >= 11 is 0. The van der Waals surface area contributed by atoms with Gasteiger partial charge >= 0.3 is 0 Å². The van der Waals surface area contributed by atoms with E-state index in [0.717, 1.165) is 50.7 Å². The monoisotopic (exact) mass is 366 g/mol. The first kappa shape index (κ1) is 19.3. The second-order valence-corrected chi connectivity index (χ2v) is 7.91. The fourth-order valence-corrected chi connectivity index (χ4v) is 4.42. The Hall–Kier alpha value is -1.45. The molecule has 2 aliphatic rings. The Balaban J connectivity index is 1.44. The van der Waals surface area contributed by atoms with Gasteiger partial charge in [-0.2, -0.15) is 0 Å². The van der Waals surface area contributed by atoms with Crippen molar-refractivity contribution in [3.05, 3.63) is 47.0 Å². The Morgan fingerprint density at radius 1 is 0.962 bits per heavy atom. The van der Waals surface area contributed by atoms with Crippen LogP contribution in [0.2, 0.25) is 0 Å². The second-order valence-electron chi connectivity index (χ2n) is 7.91. The van der Waals surface area contributed by atoms with Gasteiger partial charge < -0.3 is 4.74 Å². The lowest BCUT2D eigenvalue weighted by Gasteiger charge is -2.33. The average molecular weight is 366 g/mol. The number of benzene rings is 1. The van der Waals surface area contributed by atoms with Crippen LogP contribution in [0.25, 0.3) is 0 Å².